The van der Waals surface area contributed by atoms with Gasteiger partial charge in [0, 0.05) is 0 Å². The molecule has 5 heteroatoms. The van der Waals surface area contributed by atoms with Gasteiger partial charge in [0.1, 0.15) is 5.69 Å². The molecule has 2 heterocycles. The molecule has 3 N–H and O–H groups in total. The van der Waals surface area contributed by atoms with E-state index < -0.39 is 0 Å². The first-order valence-electron chi connectivity index (χ1n) is 5.45. The summed E-state index contributed by atoms with van der Waals surface area (Å²) in [4.78, 5) is 6.84. The van der Waals surface area contributed by atoms with E-state index in [9.17, 15) is 0 Å². The topological polar surface area (TPSA) is 50.9 Å². The van der Waals surface area contributed by atoms with E-state index in [1.807, 2.05) is 24.3 Å². The lowest BCUT2D eigenvalue weighted by atomic mass is 10.1. The Balaban J connectivity index is 2.17. The Labute approximate surface area is 113 Å². The molecule has 90 valence electrons. The van der Waals surface area contributed by atoms with Crippen LogP contribution in [0.25, 0.3) is 21.0 Å². The SMILES string of the molecule is NNc1nc(-c2cccs2)c(-c2ccccc2)s1. The molecule has 2 aromatic heterocycles. The quantitative estimate of drug-likeness (QED) is 0.563. The number of thiophene rings is 1. The van der Waals surface area contributed by atoms with Crippen LogP contribution in [0.3, 0.4) is 0 Å². The molecule has 0 unspecified atom stereocenters. The van der Waals surface area contributed by atoms with Gasteiger partial charge in [-0.1, -0.05) is 47.7 Å². The van der Waals surface area contributed by atoms with E-state index in [4.69, 9.17) is 5.84 Å². The molecule has 18 heavy (non-hydrogen) atoms. The lowest BCUT2D eigenvalue weighted by Gasteiger charge is -1.99. The highest BCUT2D eigenvalue weighted by Crippen LogP contribution is 2.40. The second-order valence-electron chi connectivity index (χ2n) is 3.68. The van der Waals surface area contributed by atoms with Crippen LogP contribution in [0.15, 0.2) is 47.8 Å². The fraction of sp³-hybridized carbons (Fsp3) is 0. The Morgan fingerprint density at radius 3 is 2.56 bits per heavy atom. The van der Waals surface area contributed by atoms with Gasteiger partial charge in [-0.2, -0.15) is 0 Å². The fourth-order valence-electron chi connectivity index (χ4n) is 1.75. The second kappa shape index (κ2) is 4.89. The van der Waals surface area contributed by atoms with Crippen LogP contribution in [0.4, 0.5) is 5.13 Å². The summed E-state index contributed by atoms with van der Waals surface area (Å²) in [6.07, 6.45) is 0. The number of nitrogen functional groups attached to an aromatic ring is 1. The van der Waals surface area contributed by atoms with Crippen LogP contribution in [0.2, 0.25) is 0 Å². The maximum atomic E-state index is 5.46. The number of anilines is 1. The molecule has 0 spiro atoms. The van der Waals surface area contributed by atoms with Crippen molar-refractivity contribution in [2.75, 3.05) is 5.43 Å². The normalized spacial score (nSPS) is 10.5. The summed E-state index contributed by atoms with van der Waals surface area (Å²) < 4.78 is 0. The second-order valence-corrected chi connectivity index (χ2v) is 5.63. The number of nitrogens with one attached hydrogen (secondary N) is 1. The standard InChI is InChI=1S/C13H11N3S2/c14-16-13-15-11(10-7-4-8-17-10)12(18-13)9-5-2-1-3-6-9/h1-8H,14H2,(H,15,16). The zero-order chi connectivity index (χ0) is 12.4. The van der Waals surface area contributed by atoms with Crippen LogP contribution in [0.1, 0.15) is 0 Å². The van der Waals surface area contributed by atoms with Crippen molar-refractivity contribution in [3.8, 4) is 21.0 Å². The van der Waals surface area contributed by atoms with Gasteiger partial charge in [0.05, 0.1) is 9.75 Å². The van der Waals surface area contributed by atoms with E-state index in [2.05, 4.69) is 34.0 Å². The van der Waals surface area contributed by atoms with Gasteiger partial charge in [0.15, 0.2) is 5.13 Å². The molecule has 1 aromatic carbocycles. The zero-order valence-electron chi connectivity index (χ0n) is 9.46. The predicted molar refractivity (Wildman–Crippen MR) is 78.7 cm³/mol. The van der Waals surface area contributed by atoms with Crippen LogP contribution < -0.4 is 11.3 Å². The first-order valence-corrected chi connectivity index (χ1v) is 7.15. The largest absolute Gasteiger partial charge is 0.300 e. The van der Waals surface area contributed by atoms with Gasteiger partial charge in [-0.15, -0.1) is 11.3 Å². The molecular weight excluding hydrogens is 262 g/mol. The molecular formula is C13H11N3S2. The van der Waals surface area contributed by atoms with E-state index in [1.165, 1.54) is 5.56 Å². The van der Waals surface area contributed by atoms with E-state index in [0.29, 0.717) is 0 Å². The van der Waals surface area contributed by atoms with E-state index >= 15 is 0 Å². The Morgan fingerprint density at radius 2 is 1.89 bits per heavy atom. The van der Waals surface area contributed by atoms with Crippen molar-refractivity contribution in [1.29, 1.82) is 0 Å². The van der Waals surface area contributed by atoms with E-state index in [1.54, 1.807) is 22.7 Å². The highest BCUT2D eigenvalue weighted by Gasteiger charge is 2.14. The van der Waals surface area contributed by atoms with E-state index in [-0.39, 0.29) is 0 Å². The van der Waals surface area contributed by atoms with Crippen LogP contribution >= 0.6 is 22.7 Å². The number of hydrazine groups is 1. The van der Waals surface area contributed by atoms with Gasteiger partial charge < -0.3 is 0 Å². The maximum absolute atomic E-state index is 5.46. The van der Waals surface area contributed by atoms with Gasteiger partial charge in [-0.25, -0.2) is 10.8 Å². The number of thiazole rings is 1. The molecule has 0 bridgehead atoms. The van der Waals surface area contributed by atoms with Crippen molar-refractivity contribution in [2.24, 2.45) is 5.84 Å². The Bertz CT molecular complexity index is 630. The molecule has 0 aliphatic heterocycles. The van der Waals surface area contributed by atoms with Crippen molar-refractivity contribution in [1.82, 2.24) is 4.98 Å². The molecule has 3 rings (SSSR count). The Kier molecular flexibility index (Phi) is 3.10. The molecule has 0 atom stereocenters. The maximum Gasteiger partial charge on any atom is 0.198 e. The van der Waals surface area contributed by atoms with Gasteiger partial charge >= 0.3 is 0 Å². The monoisotopic (exact) mass is 273 g/mol. The summed E-state index contributed by atoms with van der Waals surface area (Å²) in [6.45, 7) is 0. The summed E-state index contributed by atoms with van der Waals surface area (Å²) in [7, 11) is 0. The third kappa shape index (κ3) is 2.03. The van der Waals surface area contributed by atoms with Crippen molar-refractivity contribution < 1.29 is 0 Å². The number of hydrogen-bond acceptors (Lipinski definition) is 5. The van der Waals surface area contributed by atoms with Crippen molar-refractivity contribution in [3.05, 3.63) is 47.8 Å². The number of aromatic nitrogens is 1. The molecule has 0 fully saturated rings. The summed E-state index contributed by atoms with van der Waals surface area (Å²) in [6, 6.07) is 14.4. The van der Waals surface area contributed by atoms with Crippen LogP contribution in [0, 0.1) is 0 Å². The van der Waals surface area contributed by atoms with Crippen molar-refractivity contribution in [2.45, 2.75) is 0 Å². The minimum absolute atomic E-state index is 0.734. The van der Waals surface area contributed by atoms with Crippen molar-refractivity contribution in [3.63, 3.8) is 0 Å². The highest BCUT2D eigenvalue weighted by atomic mass is 32.1. The first-order chi connectivity index (χ1) is 8.88. The molecule has 3 aromatic rings. The first kappa shape index (κ1) is 11.4. The molecule has 0 saturated carbocycles. The predicted octanol–water partition coefficient (Wildman–Crippen LogP) is 3.82. The average Bonchev–Trinajstić information content (AvgIpc) is 3.08. The van der Waals surface area contributed by atoms with Gasteiger partial charge in [-0.3, -0.25) is 5.43 Å². The van der Waals surface area contributed by atoms with Crippen molar-refractivity contribution >= 4 is 27.8 Å². The molecule has 0 aliphatic rings. The van der Waals surface area contributed by atoms with E-state index in [0.717, 1.165) is 20.6 Å². The number of nitrogens with zero attached hydrogens (tertiary/aromatic N) is 1. The Morgan fingerprint density at radius 1 is 1.06 bits per heavy atom. The molecule has 3 nitrogen and oxygen atoms in total. The summed E-state index contributed by atoms with van der Waals surface area (Å²) >= 11 is 3.25. The third-order valence-corrected chi connectivity index (χ3v) is 4.45. The number of hydrogen-bond donors (Lipinski definition) is 2. The molecule has 0 saturated heterocycles. The third-order valence-electron chi connectivity index (χ3n) is 2.54. The number of nitrogens with two attached hydrogens (primary N) is 1. The summed E-state index contributed by atoms with van der Waals surface area (Å²) in [5, 5.41) is 2.79. The Hall–Kier alpha value is -1.69. The minimum Gasteiger partial charge on any atom is -0.300 e. The molecule has 0 amide bonds. The van der Waals surface area contributed by atoms with Gasteiger partial charge in [0.2, 0.25) is 0 Å². The molecule has 0 aliphatic carbocycles. The fourth-order valence-corrected chi connectivity index (χ4v) is 3.43. The van der Waals surface area contributed by atoms with Crippen LogP contribution in [0.5, 0.6) is 0 Å². The number of rotatable bonds is 3. The highest BCUT2D eigenvalue weighted by molar-refractivity contribution is 7.20. The summed E-state index contributed by atoms with van der Waals surface area (Å²) in [5.41, 5.74) is 4.79. The average molecular weight is 273 g/mol. The van der Waals surface area contributed by atoms with Crippen LogP contribution in [-0.4, -0.2) is 4.98 Å². The summed E-state index contributed by atoms with van der Waals surface area (Å²) in [5.74, 6) is 5.46. The lowest BCUT2D eigenvalue weighted by Crippen LogP contribution is -2.05. The smallest absolute Gasteiger partial charge is 0.198 e. The van der Waals surface area contributed by atoms with Gasteiger partial charge in [-0.05, 0) is 17.0 Å². The lowest BCUT2D eigenvalue weighted by molar-refractivity contribution is 1.29. The van der Waals surface area contributed by atoms with Gasteiger partial charge in [0.25, 0.3) is 0 Å². The minimum atomic E-state index is 0.734. The zero-order valence-corrected chi connectivity index (χ0v) is 11.1. The number of benzene rings is 1. The molecule has 0 radical (unpaired) electrons. The van der Waals surface area contributed by atoms with Crippen LogP contribution in [-0.2, 0) is 0 Å².